The van der Waals surface area contributed by atoms with Crippen LogP contribution in [0.25, 0.3) is 16.9 Å². The maximum absolute atomic E-state index is 6.04. The third kappa shape index (κ3) is 4.43. The molecule has 4 rings (SSSR count). The van der Waals surface area contributed by atoms with Crippen LogP contribution in [0, 0.1) is 0 Å². The summed E-state index contributed by atoms with van der Waals surface area (Å²) in [5.74, 6) is 1.35. The third-order valence-corrected chi connectivity index (χ3v) is 6.76. The van der Waals surface area contributed by atoms with Crippen molar-refractivity contribution in [1.29, 1.82) is 0 Å². The summed E-state index contributed by atoms with van der Waals surface area (Å²) < 4.78 is 2.19. The Balaban J connectivity index is 1.74. The monoisotopic (exact) mass is 465 g/mol. The van der Waals surface area contributed by atoms with Crippen molar-refractivity contribution in [1.82, 2.24) is 14.4 Å². The van der Waals surface area contributed by atoms with Crippen molar-refractivity contribution in [3.63, 3.8) is 0 Å². The lowest BCUT2D eigenvalue weighted by Crippen LogP contribution is -2.14. The average Bonchev–Trinajstić information content (AvgIpc) is 3.44. The summed E-state index contributed by atoms with van der Waals surface area (Å²) in [4.78, 5) is 16.4. The molecule has 0 amide bonds. The van der Waals surface area contributed by atoms with Crippen LogP contribution in [-0.4, -0.2) is 34.2 Å². The molecule has 7 heteroatoms. The number of hydrogen-bond acceptors (Lipinski definition) is 5. The Morgan fingerprint density at radius 3 is 2.59 bits per heavy atom. The molecule has 0 radical (unpaired) electrons. The van der Waals surface area contributed by atoms with Gasteiger partial charge in [-0.15, -0.1) is 11.3 Å². The Hall–Kier alpha value is -2.70. The molecule has 0 fully saturated rings. The molecule has 166 valence electrons. The molecule has 0 saturated carbocycles. The van der Waals surface area contributed by atoms with E-state index >= 15 is 0 Å². The zero-order chi connectivity index (χ0) is 22.7. The number of hydrogen-bond donors (Lipinski definition) is 0. The van der Waals surface area contributed by atoms with Crippen LogP contribution in [0.5, 0.6) is 0 Å². The Morgan fingerprint density at radius 1 is 1.12 bits per heavy atom. The smallest absolute Gasteiger partial charge is 0.191 e. The van der Waals surface area contributed by atoms with Crippen LogP contribution in [0.2, 0.25) is 5.02 Å². The Bertz CT molecular complexity index is 1230. The third-order valence-electron chi connectivity index (χ3n) is 5.59. The quantitative estimate of drug-likeness (QED) is 0.262. The van der Waals surface area contributed by atoms with Crippen LogP contribution >= 0.6 is 22.9 Å². The van der Waals surface area contributed by atoms with Gasteiger partial charge in [0.05, 0.1) is 11.4 Å². The number of aromatic nitrogens is 3. The average molecular weight is 466 g/mol. The van der Waals surface area contributed by atoms with E-state index in [4.69, 9.17) is 21.6 Å². The van der Waals surface area contributed by atoms with Gasteiger partial charge in [0.2, 0.25) is 0 Å². The number of pyridine rings is 1. The number of anilines is 2. The molecule has 0 aliphatic rings. The van der Waals surface area contributed by atoms with Gasteiger partial charge in [-0.2, -0.15) is 0 Å². The lowest BCUT2D eigenvalue weighted by Gasteiger charge is -2.18. The van der Waals surface area contributed by atoms with Crippen molar-refractivity contribution in [2.45, 2.75) is 39.5 Å². The number of fused-ring (bicyclic) bond motifs is 1. The van der Waals surface area contributed by atoms with Crippen LogP contribution in [0.1, 0.15) is 44.4 Å². The number of thiazole rings is 1. The van der Waals surface area contributed by atoms with E-state index in [2.05, 4.69) is 72.0 Å². The molecule has 0 aliphatic heterocycles. The highest BCUT2D eigenvalue weighted by molar-refractivity contribution is 7.14. The van der Waals surface area contributed by atoms with E-state index in [9.17, 15) is 0 Å². The van der Waals surface area contributed by atoms with Crippen LogP contribution in [-0.2, 0) is 6.42 Å². The maximum atomic E-state index is 6.04. The van der Waals surface area contributed by atoms with Gasteiger partial charge in [-0.3, -0.25) is 9.39 Å². The van der Waals surface area contributed by atoms with Crippen molar-refractivity contribution in [2.75, 3.05) is 18.5 Å². The first-order chi connectivity index (χ1) is 15.5. The lowest BCUT2D eigenvalue weighted by molar-refractivity contribution is 0.843. The SMILES string of the molecule is CCN=CC(CC)c1ccc2nc(CC)c(N(C)c3nc(-c4ccc(Cl)cc4)cs3)n2c1. The molecular weight excluding hydrogens is 438 g/mol. The number of imidazole rings is 1. The molecule has 0 aliphatic carbocycles. The molecule has 1 atom stereocenters. The summed E-state index contributed by atoms with van der Waals surface area (Å²) in [6, 6.07) is 12.1. The van der Waals surface area contributed by atoms with Crippen LogP contribution in [0.4, 0.5) is 10.9 Å². The molecule has 5 nitrogen and oxygen atoms in total. The second kappa shape index (κ2) is 9.84. The predicted molar refractivity (Wildman–Crippen MR) is 137 cm³/mol. The molecular formula is C25H28ClN5S. The second-order valence-electron chi connectivity index (χ2n) is 7.67. The van der Waals surface area contributed by atoms with Crippen molar-refractivity contribution < 1.29 is 0 Å². The molecule has 32 heavy (non-hydrogen) atoms. The molecule has 1 unspecified atom stereocenters. The van der Waals surface area contributed by atoms with E-state index in [0.29, 0.717) is 5.92 Å². The largest absolute Gasteiger partial charge is 0.305 e. The normalized spacial score (nSPS) is 12.7. The van der Waals surface area contributed by atoms with Gasteiger partial charge >= 0.3 is 0 Å². The molecule has 3 heterocycles. The fourth-order valence-electron chi connectivity index (χ4n) is 3.83. The van der Waals surface area contributed by atoms with Gasteiger partial charge in [0, 0.05) is 47.9 Å². The Labute approximate surface area is 198 Å². The van der Waals surface area contributed by atoms with Gasteiger partial charge in [0.15, 0.2) is 5.13 Å². The van der Waals surface area contributed by atoms with Gasteiger partial charge in [0.1, 0.15) is 11.5 Å². The van der Waals surface area contributed by atoms with Crippen molar-refractivity contribution in [3.05, 3.63) is 64.3 Å². The fourth-order valence-corrected chi connectivity index (χ4v) is 4.76. The first-order valence-corrected chi connectivity index (χ1v) is 12.3. The number of rotatable bonds is 8. The number of nitrogens with zero attached hydrogens (tertiary/aromatic N) is 5. The van der Waals surface area contributed by atoms with Gasteiger partial charge in [-0.25, -0.2) is 9.97 Å². The summed E-state index contributed by atoms with van der Waals surface area (Å²) in [6.07, 6.45) is 6.13. The highest BCUT2D eigenvalue weighted by Gasteiger charge is 2.20. The highest BCUT2D eigenvalue weighted by Crippen LogP contribution is 2.34. The van der Waals surface area contributed by atoms with E-state index in [1.54, 1.807) is 11.3 Å². The van der Waals surface area contributed by atoms with Crippen LogP contribution in [0.15, 0.2) is 53.0 Å². The molecule has 0 bridgehead atoms. The summed E-state index contributed by atoms with van der Waals surface area (Å²) in [5, 5.41) is 3.74. The maximum Gasteiger partial charge on any atom is 0.191 e. The number of benzene rings is 1. The summed E-state index contributed by atoms with van der Waals surface area (Å²) >= 11 is 7.67. The van der Waals surface area contributed by atoms with Gasteiger partial charge < -0.3 is 4.90 Å². The van der Waals surface area contributed by atoms with Crippen molar-refractivity contribution in [2.24, 2.45) is 4.99 Å². The zero-order valence-electron chi connectivity index (χ0n) is 18.9. The van der Waals surface area contributed by atoms with Gasteiger partial charge in [-0.1, -0.05) is 43.6 Å². The number of halogens is 1. The molecule has 0 spiro atoms. The molecule has 1 aromatic carbocycles. The standard InChI is InChI=1S/C25H28ClN5S/c1-5-17(14-27-7-3)19-10-13-23-28-21(6-2)24(31(23)15-19)30(4)25-29-22(16-32-25)18-8-11-20(26)12-9-18/h8-17H,5-7H2,1-4H3. The topological polar surface area (TPSA) is 45.8 Å². The van der Waals surface area contributed by atoms with Crippen molar-refractivity contribution in [3.8, 4) is 11.3 Å². The zero-order valence-corrected chi connectivity index (χ0v) is 20.5. The highest BCUT2D eigenvalue weighted by atomic mass is 35.5. The Morgan fingerprint density at radius 2 is 1.91 bits per heavy atom. The molecule has 0 saturated heterocycles. The minimum absolute atomic E-state index is 0.293. The number of aryl methyl sites for hydroxylation is 1. The van der Waals surface area contributed by atoms with Crippen LogP contribution in [0.3, 0.4) is 0 Å². The van der Waals surface area contributed by atoms with Gasteiger partial charge in [-0.05, 0) is 43.5 Å². The van der Waals surface area contributed by atoms with E-state index in [1.807, 2.05) is 24.3 Å². The first kappa shape index (κ1) is 22.5. The molecule has 4 aromatic rings. The fraction of sp³-hybridized carbons (Fsp3) is 0.320. The lowest BCUT2D eigenvalue weighted by atomic mass is 9.99. The first-order valence-electron chi connectivity index (χ1n) is 11.0. The minimum atomic E-state index is 0.293. The minimum Gasteiger partial charge on any atom is -0.305 e. The summed E-state index contributed by atoms with van der Waals surface area (Å²) in [6.45, 7) is 7.21. The molecule has 3 aromatic heterocycles. The van der Waals surface area contributed by atoms with Crippen molar-refractivity contribution >= 4 is 45.7 Å². The van der Waals surface area contributed by atoms with Crippen LogP contribution < -0.4 is 4.90 Å². The van der Waals surface area contributed by atoms with E-state index in [-0.39, 0.29) is 0 Å². The van der Waals surface area contributed by atoms with Gasteiger partial charge in [0.25, 0.3) is 0 Å². The number of aliphatic imine (C=N–C) groups is 1. The predicted octanol–water partition coefficient (Wildman–Crippen LogP) is 7.03. The van der Waals surface area contributed by atoms with E-state index < -0.39 is 0 Å². The van der Waals surface area contributed by atoms with E-state index in [0.717, 1.165) is 58.0 Å². The summed E-state index contributed by atoms with van der Waals surface area (Å²) in [7, 11) is 2.07. The van der Waals surface area contributed by atoms with E-state index in [1.165, 1.54) is 5.56 Å². The molecule has 0 N–H and O–H groups in total. The second-order valence-corrected chi connectivity index (χ2v) is 8.94. The Kier molecular flexibility index (Phi) is 6.92. The summed E-state index contributed by atoms with van der Waals surface area (Å²) in [5.41, 5.74) is 5.26.